The average Bonchev–Trinajstić information content (AvgIpc) is 3.12. The monoisotopic (exact) mass is 378 g/mol. The first-order valence-corrected chi connectivity index (χ1v) is 8.63. The number of nitrogens with zero attached hydrogens (tertiary/aromatic N) is 1. The van der Waals surface area contributed by atoms with Gasteiger partial charge in [-0.2, -0.15) is 0 Å². The van der Waals surface area contributed by atoms with Gasteiger partial charge in [0.25, 0.3) is 5.91 Å². The molecule has 0 bridgehead atoms. The smallest absolute Gasteiger partial charge is 0.255 e. The van der Waals surface area contributed by atoms with E-state index in [0.717, 1.165) is 16.7 Å². The Morgan fingerprint density at radius 2 is 1.85 bits per heavy atom. The molecule has 0 aliphatic heterocycles. The zero-order valence-electron chi connectivity index (χ0n) is 14.4. The highest BCUT2D eigenvalue weighted by atomic mass is 35.5. The first kappa shape index (κ1) is 17.1. The third-order valence-corrected chi connectivity index (χ3v) is 4.39. The number of carbonyl (C=O) groups is 1. The van der Waals surface area contributed by atoms with Crippen LogP contribution in [0.25, 0.3) is 22.6 Å². The van der Waals surface area contributed by atoms with Gasteiger partial charge in [-0.15, -0.1) is 0 Å². The van der Waals surface area contributed by atoms with Crippen molar-refractivity contribution >= 4 is 34.3 Å². The van der Waals surface area contributed by atoms with Crippen molar-refractivity contribution in [2.75, 3.05) is 12.4 Å². The molecule has 0 spiro atoms. The minimum absolute atomic E-state index is 0.255. The Bertz CT molecular complexity index is 1090. The number of fused-ring (bicyclic) bond motifs is 1. The molecule has 0 radical (unpaired) electrons. The number of halogens is 1. The maximum Gasteiger partial charge on any atom is 0.255 e. The Balaban J connectivity index is 1.52. The maximum atomic E-state index is 12.4. The second kappa shape index (κ2) is 7.13. The Hall–Kier alpha value is -3.31. The molecule has 0 aliphatic carbocycles. The number of anilines is 1. The van der Waals surface area contributed by atoms with Crippen LogP contribution in [0.15, 0.2) is 71.1 Å². The van der Waals surface area contributed by atoms with Crippen molar-refractivity contribution < 1.29 is 13.9 Å². The van der Waals surface area contributed by atoms with Crippen molar-refractivity contribution in [3.8, 4) is 17.2 Å². The van der Waals surface area contributed by atoms with Gasteiger partial charge in [0.05, 0.1) is 12.1 Å². The SMILES string of the molecule is COc1ccc(C(=O)Nc2ccc(-c3nc4ccccc4o3)cc2)cc1Cl. The minimum atomic E-state index is -0.255. The largest absolute Gasteiger partial charge is 0.495 e. The molecule has 4 aromatic rings. The van der Waals surface area contributed by atoms with Crippen molar-refractivity contribution in [3.63, 3.8) is 0 Å². The van der Waals surface area contributed by atoms with Crippen molar-refractivity contribution in [2.45, 2.75) is 0 Å². The summed E-state index contributed by atoms with van der Waals surface area (Å²) in [5.74, 6) is 0.807. The molecule has 1 aromatic heterocycles. The second-order valence-corrected chi connectivity index (χ2v) is 6.27. The number of amides is 1. The number of ether oxygens (including phenoxy) is 1. The van der Waals surface area contributed by atoms with E-state index < -0.39 is 0 Å². The molecule has 5 nitrogen and oxygen atoms in total. The Morgan fingerprint density at radius 3 is 2.56 bits per heavy atom. The molecule has 0 atom stereocenters. The number of para-hydroxylation sites is 2. The lowest BCUT2D eigenvalue weighted by Gasteiger charge is -2.08. The van der Waals surface area contributed by atoms with Gasteiger partial charge in [0.1, 0.15) is 11.3 Å². The highest BCUT2D eigenvalue weighted by Crippen LogP contribution is 2.27. The summed E-state index contributed by atoms with van der Waals surface area (Å²) >= 11 is 6.08. The standard InChI is InChI=1S/C21H15ClN2O3/c1-26-18-11-8-14(12-16(18)22)20(25)23-15-9-6-13(7-10-15)21-24-17-4-2-3-5-19(17)27-21/h2-12H,1H3,(H,23,25). The summed E-state index contributed by atoms with van der Waals surface area (Å²) in [6, 6.07) is 19.8. The van der Waals surface area contributed by atoms with E-state index in [1.54, 1.807) is 30.3 Å². The van der Waals surface area contributed by atoms with Crippen molar-refractivity contribution in [2.24, 2.45) is 0 Å². The fraction of sp³-hybridized carbons (Fsp3) is 0.0476. The molecular weight excluding hydrogens is 364 g/mol. The van der Waals surface area contributed by atoms with Crippen LogP contribution in [0, 0.1) is 0 Å². The normalized spacial score (nSPS) is 10.7. The summed E-state index contributed by atoms with van der Waals surface area (Å²) in [4.78, 5) is 16.9. The highest BCUT2D eigenvalue weighted by Gasteiger charge is 2.11. The number of nitrogens with one attached hydrogen (secondary N) is 1. The molecule has 0 aliphatic rings. The summed E-state index contributed by atoms with van der Waals surface area (Å²) in [6.45, 7) is 0. The summed E-state index contributed by atoms with van der Waals surface area (Å²) in [7, 11) is 1.53. The molecule has 3 aromatic carbocycles. The van der Waals surface area contributed by atoms with E-state index in [-0.39, 0.29) is 5.91 Å². The topological polar surface area (TPSA) is 64.4 Å². The van der Waals surface area contributed by atoms with Crippen LogP contribution in [0.3, 0.4) is 0 Å². The minimum Gasteiger partial charge on any atom is -0.495 e. The summed E-state index contributed by atoms with van der Waals surface area (Å²) < 4.78 is 10.9. The van der Waals surface area contributed by atoms with Gasteiger partial charge in [-0.25, -0.2) is 4.98 Å². The molecule has 0 unspecified atom stereocenters. The first-order chi connectivity index (χ1) is 13.1. The number of methoxy groups -OCH3 is 1. The number of aromatic nitrogens is 1. The molecule has 27 heavy (non-hydrogen) atoms. The molecule has 1 N–H and O–H groups in total. The van der Waals surface area contributed by atoms with E-state index in [1.807, 2.05) is 36.4 Å². The second-order valence-electron chi connectivity index (χ2n) is 5.87. The zero-order chi connectivity index (χ0) is 18.8. The number of carbonyl (C=O) groups excluding carboxylic acids is 1. The first-order valence-electron chi connectivity index (χ1n) is 8.25. The number of hydrogen-bond acceptors (Lipinski definition) is 4. The summed E-state index contributed by atoms with van der Waals surface area (Å²) in [6.07, 6.45) is 0. The predicted octanol–water partition coefficient (Wildman–Crippen LogP) is 5.41. The lowest BCUT2D eigenvalue weighted by Crippen LogP contribution is -2.11. The van der Waals surface area contributed by atoms with Gasteiger partial charge < -0.3 is 14.5 Å². The van der Waals surface area contributed by atoms with Crippen molar-refractivity contribution in [1.29, 1.82) is 0 Å². The van der Waals surface area contributed by atoms with Gasteiger partial charge in [0.15, 0.2) is 5.58 Å². The molecule has 0 fully saturated rings. The van der Waals surface area contributed by atoms with Crippen LogP contribution in [0.4, 0.5) is 5.69 Å². The number of benzene rings is 3. The fourth-order valence-corrected chi connectivity index (χ4v) is 2.96. The highest BCUT2D eigenvalue weighted by molar-refractivity contribution is 6.32. The van der Waals surface area contributed by atoms with E-state index in [2.05, 4.69) is 10.3 Å². The van der Waals surface area contributed by atoms with Crippen LogP contribution < -0.4 is 10.1 Å². The van der Waals surface area contributed by atoms with Crippen LogP contribution in [0.2, 0.25) is 5.02 Å². The van der Waals surface area contributed by atoms with Gasteiger partial charge >= 0.3 is 0 Å². The molecule has 0 saturated heterocycles. The third-order valence-electron chi connectivity index (χ3n) is 4.10. The summed E-state index contributed by atoms with van der Waals surface area (Å²) in [5.41, 5.74) is 3.48. The van der Waals surface area contributed by atoms with E-state index in [0.29, 0.717) is 27.9 Å². The lowest BCUT2D eigenvalue weighted by molar-refractivity contribution is 0.102. The summed E-state index contributed by atoms with van der Waals surface area (Å²) in [5, 5.41) is 3.22. The molecule has 1 heterocycles. The van der Waals surface area contributed by atoms with Crippen LogP contribution in [-0.4, -0.2) is 18.0 Å². The number of hydrogen-bond donors (Lipinski definition) is 1. The molecule has 6 heteroatoms. The number of rotatable bonds is 4. The Morgan fingerprint density at radius 1 is 1.07 bits per heavy atom. The van der Waals surface area contributed by atoms with Gasteiger partial charge in [0.2, 0.25) is 5.89 Å². The third kappa shape index (κ3) is 3.50. The van der Waals surface area contributed by atoms with Crippen molar-refractivity contribution in [3.05, 3.63) is 77.3 Å². The van der Waals surface area contributed by atoms with Gasteiger partial charge in [-0.05, 0) is 54.6 Å². The molecular formula is C21H15ClN2O3. The quantitative estimate of drug-likeness (QED) is 0.515. The van der Waals surface area contributed by atoms with Crippen LogP contribution >= 0.6 is 11.6 Å². The molecule has 4 rings (SSSR count). The average molecular weight is 379 g/mol. The lowest BCUT2D eigenvalue weighted by atomic mass is 10.1. The zero-order valence-corrected chi connectivity index (χ0v) is 15.2. The molecule has 1 amide bonds. The molecule has 134 valence electrons. The van der Waals surface area contributed by atoms with Gasteiger partial charge in [-0.3, -0.25) is 4.79 Å². The van der Waals surface area contributed by atoms with Crippen LogP contribution in [0.1, 0.15) is 10.4 Å². The Labute approximate surface area is 160 Å². The van der Waals surface area contributed by atoms with E-state index in [9.17, 15) is 4.79 Å². The van der Waals surface area contributed by atoms with Gasteiger partial charge in [0, 0.05) is 16.8 Å². The van der Waals surface area contributed by atoms with E-state index >= 15 is 0 Å². The van der Waals surface area contributed by atoms with Crippen LogP contribution in [-0.2, 0) is 0 Å². The van der Waals surface area contributed by atoms with E-state index in [1.165, 1.54) is 7.11 Å². The van der Waals surface area contributed by atoms with E-state index in [4.69, 9.17) is 20.8 Å². The maximum absolute atomic E-state index is 12.4. The predicted molar refractivity (Wildman–Crippen MR) is 105 cm³/mol. The molecule has 0 saturated carbocycles. The van der Waals surface area contributed by atoms with Crippen LogP contribution in [0.5, 0.6) is 5.75 Å². The van der Waals surface area contributed by atoms with Crippen molar-refractivity contribution in [1.82, 2.24) is 4.98 Å². The fourth-order valence-electron chi connectivity index (χ4n) is 2.70. The van der Waals surface area contributed by atoms with Gasteiger partial charge in [-0.1, -0.05) is 23.7 Å². The number of oxazole rings is 1. The Kier molecular flexibility index (Phi) is 4.52.